The summed E-state index contributed by atoms with van der Waals surface area (Å²) in [5, 5.41) is 0. The lowest BCUT2D eigenvalue weighted by Crippen LogP contribution is -2.28. The highest BCUT2D eigenvalue weighted by atomic mass is 32.2. The van der Waals surface area contributed by atoms with E-state index in [0.717, 1.165) is 5.56 Å². The van der Waals surface area contributed by atoms with Crippen LogP contribution in [0.5, 0.6) is 0 Å². The van der Waals surface area contributed by atoms with Crippen LogP contribution < -0.4 is 4.72 Å². The van der Waals surface area contributed by atoms with Gasteiger partial charge in [0.15, 0.2) is 5.79 Å². The Bertz CT molecular complexity index is 543. The van der Waals surface area contributed by atoms with Crippen LogP contribution in [0, 0.1) is 0 Å². The quantitative estimate of drug-likeness (QED) is 0.808. The average molecular weight is 301 g/mol. The zero-order chi connectivity index (χ0) is 14.8. The van der Waals surface area contributed by atoms with Crippen LogP contribution >= 0.6 is 0 Å². The second kappa shape index (κ2) is 5.79. The van der Waals surface area contributed by atoms with Crippen molar-refractivity contribution in [1.82, 2.24) is 4.72 Å². The molecular weight excluding hydrogens is 282 g/mol. The highest BCUT2D eigenvalue weighted by molar-refractivity contribution is 7.83. The van der Waals surface area contributed by atoms with Crippen molar-refractivity contribution in [2.24, 2.45) is 0 Å². The van der Waals surface area contributed by atoms with Crippen molar-refractivity contribution in [3.05, 3.63) is 35.9 Å². The van der Waals surface area contributed by atoms with Gasteiger partial charge in [0, 0.05) is 6.54 Å². The van der Waals surface area contributed by atoms with E-state index in [1.165, 1.54) is 0 Å². The second-order valence-electron chi connectivity index (χ2n) is 5.16. The number of ether oxygens (including phenoxy) is 2. The van der Waals surface area contributed by atoms with Crippen molar-refractivity contribution in [1.29, 1.82) is 0 Å². The van der Waals surface area contributed by atoms with Crippen LogP contribution in [0.25, 0.3) is 0 Å². The highest BCUT2D eigenvalue weighted by Gasteiger charge is 2.41. The lowest BCUT2D eigenvalue weighted by atomic mass is 10.0. The van der Waals surface area contributed by atoms with Crippen LogP contribution in [-0.4, -0.2) is 31.4 Å². The van der Waals surface area contributed by atoms with Gasteiger partial charge in [-0.25, -0.2) is 0 Å². The largest absolute Gasteiger partial charge is 0.344 e. The zero-order valence-corrected chi connectivity index (χ0v) is 12.3. The Labute approximate surface area is 119 Å². The molecule has 2 atom stereocenters. The van der Waals surface area contributed by atoms with E-state index in [1.807, 2.05) is 48.9 Å². The summed E-state index contributed by atoms with van der Waals surface area (Å²) in [6.45, 7) is 3.73. The first-order valence-electron chi connectivity index (χ1n) is 6.39. The van der Waals surface area contributed by atoms with Gasteiger partial charge in [0.25, 0.3) is 0 Å². The van der Waals surface area contributed by atoms with Gasteiger partial charge < -0.3 is 9.47 Å². The minimum absolute atomic E-state index is 0.0896. The summed E-state index contributed by atoms with van der Waals surface area (Å²) in [6, 6.07) is 9.63. The Hall–Kier alpha value is -0.990. The van der Waals surface area contributed by atoms with E-state index < -0.39 is 16.1 Å². The van der Waals surface area contributed by atoms with E-state index in [-0.39, 0.29) is 18.8 Å². The van der Waals surface area contributed by atoms with E-state index in [0.29, 0.717) is 6.42 Å². The van der Waals surface area contributed by atoms with Crippen molar-refractivity contribution < 1.29 is 22.4 Å². The first-order valence-corrected chi connectivity index (χ1v) is 7.83. The normalized spacial score (nSPS) is 25.8. The Morgan fingerprint density at radius 2 is 1.90 bits per heavy atom. The molecule has 6 nitrogen and oxygen atoms in total. The third-order valence-electron chi connectivity index (χ3n) is 3.03. The molecule has 0 aromatic heterocycles. The lowest BCUT2D eigenvalue weighted by Gasteiger charge is -2.17. The van der Waals surface area contributed by atoms with E-state index >= 15 is 0 Å². The number of benzene rings is 1. The molecule has 0 aliphatic carbocycles. The Kier molecular flexibility index (Phi) is 4.46. The minimum Gasteiger partial charge on any atom is -0.344 e. The van der Waals surface area contributed by atoms with E-state index in [4.69, 9.17) is 14.0 Å². The maximum absolute atomic E-state index is 10.7. The molecule has 1 aromatic carbocycles. The summed E-state index contributed by atoms with van der Waals surface area (Å²) < 4.78 is 43.7. The molecule has 0 amide bonds. The average Bonchev–Trinajstić information content (AvgIpc) is 2.64. The highest BCUT2D eigenvalue weighted by Crippen LogP contribution is 2.39. The molecule has 20 heavy (non-hydrogen) atoms. The van der Waals surface area contributed by atoms with Gasteiger partial charge in [-0.2, -0.15) is 13.1 Å². The monoisotopic (exact) mass is 301 g/mol. The third kappa shape index (κ3) is 4.26. The molecule has 7 heteroatoms. The summed E-state index contributed by atoms with van der Waals surface area (Å²) in [5.74, 6) is -0.719. The maximum atomic E-state index is 10.7. The Morgan fingerprint density at radius 3 is 2.50 bits per heavy atom. The summed E-state index contributed by atoms with van der Waals surface area (Å²) in [4.78, 5) is 0. The van der Waals surface area contributed by atoms with Gasteiger partial charge in [-0.3, -0.25) is 4.55 Å². The molecule has 0 spiro atoms. The van der Waals surface area contributed by atoms with Gasteiger partial charge in [-0.1, -0.05) is 30.3 Å². The Morgan fingerprint density at radius 1 is 1.25 bits per heavy atom. The summed E-state index contributed by atoms with van der Waals surface area (Å²) >= 11 is 0. The molecule has 1 aromatic rings. The first-order chi connectivity index (χ1) is 9.27. The molecule has 2 rings (SSSR count). The van der Waals surface area contributed by atoms with Gasteiger partial charge in [0.2, 0.25) is 0 Å². The number of rotatable bonds is 5. The third-order valence-corrected chi connectivity index (χ3v) is 3.59. The van der Waals surface area contributed by atoms with Crippen molar-refractivity contribution >= 4 is 10.3 Å². The number of nitrogens with one attached hydrogen (secondary N) is 1. The van der Waals surface area contributed by atoms with E-state index in [2.05, 4.69) is 0 Å². The van der Waals surface area contributed by atoms with Crippen molar-refractivity contribution in [2.75, 3.05) is 6.54 Å². The molecule has 0 radical (unpaired) electrons. The molecule has 0 unspecified atom stereocenters. The van der Waals surface area contributed by atoms with Crippen LogP contribution in [0.3, 0.4) is 0 Å². The zero-order valence-electron chi connectivity index (χ0n) is 11.4. The van der Waals surface area contributed by atoms with E-state index in [1.54, 1.807) is 0 Å². The molecule has 2 N–H and O–H groups in total. The molecule has 1 heterocycles. The fraction of sp³-hybridized carbons (Fsp3) is 0.538. The topological polar surface area (TPSA) is 84.9 Å². The van der Waals surface area contributed by atoms with Gasteiger partial charge in [0.05, 0.1) is 6.10 Å². The molecule has 1 aliphatic heterocycles. The number of hydrogen-bond acceptors (Lipinski definition) is 4. The smallest absolute Gasteiger partial charge is 0.333 e. The van der Waals surface area contributed by atoms with Crippen LogP contribution in [-0.2, 0) is 19.8 Å². The summed E-state index contributed by atoms with van der Waals surface area (Å²) in [7, 11) is -4.17. The molecular formula is C13H19NO5S. The summed E-state index contributed by atoms with van der Waals surface area (Å²) in [5.41, 5.74) is 0.981. The summed E-state index contributed by atoms with van der Waals surface area (Å²) in [6.07, 6.45) is -0.126. The van der Waals surface area contributed by atoms with Gasteiger partial charge in [-0.15, -0.1) is 0 Å². The second-order valence-corrected chi connectivity index (χ2v) is 6.40. The van der Waals surface area contributed by atoms with Crippen LogP contribution in [0.4, 0.5) is 0 Å². The molecule has 1 fully saturated rings. The molecule has 1 saturated heterocycles. The van der Waals surface area contributed by atoms with E-state index in [9.17, 15) is 8.42 Å². The van der Waals surface area contributed by atoms with Crippen LogP contribution in [0.1, 0.15) is 31.9 Å². The number of hydrogen-bond donors (Lipinski definition) is 2. The SMILES string of the molecule is CC1(C)O[C@@H](CCNS(=O)(=O)O)[C@H](c2ccccc2)O1. The molecule has 0 bridgehead atoms. The van der Waals surface area contributed by atoms with Gasteiger partial charge in [0.1, 0.15) is 6.10 Å². The first kappa shape index (κ1) is 15.4. The molecule has 112 valence electrons. The molecule has 0 saturated carbocycles. The molecule has 1 aliphatic rings. The van der Waals surface area contributed by atoms with Crippen molar-refractivity contribution in [2.45, 2.75) is 38.3 Å². The van der Waals surface area contributed by atoms with Gasteiger partial charge in [-0.05, 0) is 25.8 Å². The predicted octanol–water partition coefficient (Wildman–Crippen LogP) is 1.66. The van der Waals surface area contributed by atoms with Crippen LogP contribution in [0.2, 0.25) is 0 Å². The van der Waals surface area contributed by atoms with Crippen molar-refractivity contribution in [3.63, 3.8) is 0 Å². The predicted molar refractivity (Wildman–Crippen MR) is 73.4 cm³/mol. The maximum Gasteiger partial charge on any atom is 0.333 e. The van der Waals surface area contributed by atoms with Crippen LogP contribution in [0.15, 0.2) is 30.3 Å². The lowest BCUT2D eigenvalue weighted by molar-refractivity contribution is -0.147. The fourth-order valence-corrected chi connectivity index (χ4v) is 2.68. The Balaban J connectivity index is 2.05. The fourth-order valence-electron chi connectivity index (χ4n) is 2.30. The van der Waals surface area contributed by atoms with Gasteiger partial charge >= 0.3 is 10.3 Å². The standard InChI is InChI=1S/C13H19NO5S/c1-13(2)18-11(8-9-14-20(15,16)17)12(19-13)10-6-4-3-5-7-10/h3-7,11-12,14H,8-9H2,1-2H3,(H,15,16,17)/t11-,12-/m0/s1. The minimum atomic E-state index is -4.17. The van der Waals surface area contributed by atoms with Crippen molar-refractivity contribution in [3.8, 4) is 0 Å².